The lowest BCUT2D eigenvalue weighted by Crippen LogP contribution is -2.56. The van der Waals surface area contributed by atoms with Crippen molar-refractivity contribution in [1.82, 2.24) is 15.5 Å². The summed E-state index contributed by atoms with van der Waals surface area (Å²) in [4.78, 5) is 33.2. The highest BCUT2D eigenvalue weighted by Gasteiger charge is 2.37. The number of benzene rings is 1. The Labute approximate surface area is 208 Å². The van der Waals surface area contributed by atoms with Crippen LogP contribution in [0, 0.1) is 23.6 Å². The zero-order chi connectivity index (χ0) is 24.8. The molecule has 4 rings (SSSR count). The Hall–Kier alpha value is -2.72. The number of unbranched alkanes of at least 4 members (excludes halogenated alkanes) is 1. The van der Waals surface area contributed by atoms with Gasteiger partial charge in [0.1, 0.15) is 23.2 Å². The summed E-state index contributed by atoms with van der Waals surface area (Å²) in [7, 11) is 2.09. The minimum Gasteiger partial charge on any atom is -0.338 e. The Morgan fingerprint density at radius 2 is 2.00 bits per heavy atom. The van der Waals surface area contributed by atoms with Gasteiger partial charge in [-0.25, -0.2) is 4.39 Å². The molecule has 2 N–H and O–H groups in total. The van der Waals surface area contributed by atoms with E-state index in [9.17, 15) is 14.0 Å². The lowest BCUT2D eigenvalue weighted by atomic mass is 9.83. The van der Waals surface area contributed by atoms with E-state index in [-0.39, 0.29) is 17.6 Å². The number of likely N-dealkylation sites (tertiary alicyclic amines) is 1. The quantitative estimate of drug-likeness (QED) is 0.604. The maximum Gasteiger partial charge on any atom is 0.257 e. The van der Waals surface area contributed by atoms with E-state index in [0.717, 1.165) is 51.6 Å². The van der Waals surface area contributed by atoms with Gasteiger partial charge < -0.3 is 15.5 Å². The van der Waals surface area contributed by atoms with E-state index in [2.05, 4.69) is 41.3 Å². The number of rotatable bonds is 6. The third kappa shape index (κ3) is 6.29. The minimum atomic E-state index is -0.660. The molecular formula is C28H37FN4O2. The zero-order valence-corrected chi connectivity index (χ0v) is 21.0. The summed E-state index contributed by atoms with van der Waals surface area (Å²) in [5.41, 5.74) is 0.250. The van der Waals surface area contributed by atoms with E-state index in [1.54, 1.807) is 0 Å². The van der Waals surface area contributed by atoms with Crippen LogP contribution in [0.3, 0.4) is 0 Å². The van der Waals surface area contributed by atoms with Crippen LogP contribution < -0.4 is 10.6 Å². The fourth-order valence-corrected chi connectivity index (χ4v) is 5.32. The molecule has 1 saturated heterocycles. The van der Waals surface area contributed by atoms with Gasteiger partial charge in [-0.1, -0.05) is 44.9 Å². The van der Waals surface area contributed by atoms with Gasteiger partial charge >= 0.3 is 0 Å². The Kier molecular flexibility index (Phi) is 8.22. The Morgan fingerprint density at radius 3 is 2.71 bits per heavy atom. The van der Waals surface area contributed by atoms with Gasteiger partial charge in [0.25, 0.3) is 5.91 Å². The number of carbonyl (C=O) groups excluding carboxylic acids is 2. The first kappa shape index (κ1) is 25.4. The first-order valence-corrected chi connectivity index (χ1v) is 13.1. The summed E-state index contributed by atoms with van der Waals surface area (Å²) >= 11 is 0. The molecule has 188 valence electrons. The van der Waals surface area contributed by atoms with Crippen LogP contribution in [0.2, 0.25) is 0 Å². The summed E-state index contributed by atoms with van der Waals surface area (Å²) in [6, 6.07) is 3.39. The number of hydrogen-bond donors (Lipinski definition) is 2. The van der Waals surface area contributed by atoms with Crippen LogP contribution in [0.4, 0.5) is 4.39 Å². The molecule has 0 radical (unpaired) electrons. The SMILES string of the molecule is CCCC#CC1(NC(=O)C(CC2CCCCC2)N=C2NC(=O)c3ccc(F)cc32)CCN(C)CC1. The van der Waals surface area contributed by atoms with Gasteiger partial charge in [-0.2, -0.15) is 0 Å². The number of amidine groups is 1. The number of halogens is 1. The lowest BCUT2D eigenvalue weighted by Gasteiger charge is -2.38. The van der Waals surface area contributed by atoms with E-state index in [4.69, 9.17) is 4.99 Å². The normalized spacial score (nSPS) is 22.1. The monoisotopic (exact) mass is 480 g/mol. The zero-order valence-electron chi connectivity index (χ0n) is 21.0. The molecule has 2 heterocycles. The molecule has 2 fully saturated rings. The molecule has 6 nitrogen and oxygen atoms in total. The van der Waals surface area contributed by atoms with E-state index in [1.807, 2.05) is 0 Å². The fraction of sp³-hybridized carbons (Fsp3) is 0.607. The first-order chi connectivity index (χ1) is 16.9. The van der Waals surface area contributed by atoms with Crippen molar-refractivity contribution in [2.24, 2.45) is 10.9 Å². The number of aliphatic imine (C=N–C) groups is 1. The molecule has 1 saturated carbocycles. The molecule has 35 heavy (non-hydrogen) atoms. The second-order valence-electron chi connectivity index (χ2n) is 10.3. The number of carbonyl (C=O) groups is 2. The van der Waals surface area contributed by atoms with Crippen molar-refractivity contribution in [3.63, 3.8) is 0 Å². The molecule has 2 amide bonds. The van der Waals surface area contributed by atoms with Gasteiger partial charge in [0.2, 0.25) is 5.91 Å². The standard InChI is InChI=1S/C28H37FN4O2/c1-3-4-8-13-28(14-16-33(2)17-15-28)32-27(35)24(18-20-9-6-5-7-10-20)30-25-23-19-21(29)11-12-22(23)26(34)31-25/h11-12,19-20,24H,3-7,9-10,14-18H2,1-2H3,(H,32,35)(H,30,31,34). The lowest BCUT2D eigenvalue weighted by molar-refractivity contribution is -0.124. The summed E-state index contributed by atoms with van der Waals surface area (Å²) in [6.45, 7) is 3.83. The van der Waals surface area contributed by atoms with Gasteiger partial charge in [0.05, 0.1) is 5.56 Å². The average molecular weight is 481 g/mol. The van der Waals surface area contributed by atoms with E-state index in [1.165, 1.54) is 37.5 Å². The van der Waals surface area contributed by atoms with Crippen molar-refractivity contribution in [1.29, 1.82) is 0 Å². The van der Waals surface area contributed by atoms with Crippen molar-refractivity contribution in [3.8, 4) is 11.8 Å². The number of nitrogens with zero attached hydrogens (tertiary/aromatic N) is 2. The predicted molar refractivity (Wildman–Crippen MR) is 136 cm³/mol. The molecule has 3 aliphatic rings. The molecule has 1 aromatic rings. The summed E-state index contributed by atoms with van der Waals surface area (Å²) in [6.07, 6.45) is 9.66. The van der Waals surface area contributed by atoms with Crippen molar-refractivity contribution >= 4 is 17.6 Å². The van der Waals surface area contributed by atoms with Crippen molar-refractivity contribution < 1.29 is 14.0 Å². The smallest absolute Gasteiger partial charge is 0.257 e. The highest BCUT2D eigenvalue weighted by atomic mass is 19.1. The Balaban J connectivity index is 1.62. The Morgan fingerprint density at radius 1 is 1.26 bits per heavy atom. The Bertz CT molecular complexity index is 1030. The highest BCUT2D eigenvalue weighted by molar-refractivity contribution is 6.23. The van der Waals surface area contributed by atoms with Crippen LogP contribution in [0.1, 0.15) is 87.1 Å². The fourth-order valence-electron chi connectivity index (χ4n) is 5.32. The second kappa shape index (κ2) is 11.3. The van der Waals surface area contributed by atoms with Crippen LogP contribution in [0.15, 0.2) is 23.2 Å². The van der Waals surface area contributed by atoms with Gasteiger partial charge in [0.15, 0.2) is 0 Å². The number of amides is 2. The largest absolute Gasteiger partial charge is 0.338 e. The molecule has 7 heteroatoms. The maximum absolute atomic E-state index is 14.0. The summed E-state index contributed by atoms with van der Waals surface area (Å²) < 4.78 is 14.0. The number of piperidine rings is 1. The molecule has 1 aliphatic carbocycles. The third-order valence-corrected chi connectivity index (χ3v) is 7.49. The van der Waals surface area contributed by atoms with Crippen LogP contribution in [-0.4, -0.2) is 54.3 Å². The van der Waals surface area contributed by atoms with Gasteiger partial charge in [0, 0.05) is 25.1 Å². The highest BCUT2D eigenvalue weighted by Crippen LogP contribution is 2.30. The topological polar surface area (TPSA) is 73.8 Å². The molecular weight excluding hydrogens is 443 g/mol. The molecule has 0 spiro atoms. The molecule has 1 unspecified atom stereocenters. The van der Waals surface area contributed by atoms with Gasteiger partial charge in [-0.15, -0.1) is 5.92 Å². The molecule has 2 aliphatic heterocycles. The van der Waals surface area contributed by atoms with Crippen molar-refractivity contribution in [2.75, 3.05) is 20.1 Å². The predicted octanol–water partition coefficient (Wildman–Crippen LogP) is 4.04. The maximum atomic E-state index is 14.0. The van der Waals surface area contributed by atoms with Crippen LogP contribution in [0.5, 0.6) is 0 Å². The molecule has 1 aromatic carbocycles. The van der Waals surface area contributed by atoms with Crippen LogP contribution in [0.25, 0.3) is 0 Å². The van der Waals surface area contributed by atoms with E-state index in [0.29, 0.717) is 23.5 Å². The number of fused-ring (bicyclic) bond motifs is 1. The van der Waals surface area contributed by atoms with Crippen LogP contribution in [-0.2, 0) is 4.79 Å². The molecule has 0 aromatic heterocycles. The number of hydrogen-bond acceptors (Lipinski definition) is 4. The number of nitrogens with one attached hydrogen (secondary N) is 2. The van der Waals surface area contributed by atoms with Crippen molar-refractivity contribution in [2.45, 2.75) is 82.7 Å². The first-order valence-electron chi connectivity index (χ1n) is 13.1. The van der Waals surface area contributed by atoms with Crippen LogP contribution >= 0.6 is 0 Å². The minimum absolute atomic E-state index is 0.155. The summed E-state index contributed by atoms with van der Waals surface area (Å²) in [5.74, 6) is 6.46. The molecule has 0 bridgehead atoms. The van der Waals surface area contributed by atoms with Gasteiger partial charge in [-0.05, 0) is 56.8 Å². The molecule has 1 atom stereocenters. The summed E-state index contributed by atoms with van der Waals surface area (Å²) in [5, 5.41) is 6.05. The van der Waals surface area contributed by atoms with Crippen molar-refractivity contribution in [3.05, 3.63) is 35.1 Å². The third-order valence-electron chi connectivity index (χ3n) is 7.49. The van der Waals surface area contributed by atoms with E-state index < -0.39 is 17.4 Å². The van der Waals surface area contributed by atoms with Gasteiger partial charge in [-0.3, -0.25) is 14.6 Å². The van der Waals surface area contributed by atoms with E-state index >= 15 is 0 Å². The second-order valence-corrected chi connectivity index (χ2v) is 10.3. The average Bonchev–Trinajstić information content (AvgIpc) is 3.15.